The van der Waals surface area contributed by atoms with Crippen LogP contribution in [0.3, 0.4) is 0 Å². The Morgan fingerprint density at radius 1 is 1.18 bits per heavy atom. The van der Waals surface area contributed by atoms with E-state index in [9.17, 15) is 19.5 Å². The number of carbonyl (C=O) groups is 2. The molecular weight excluding hydrogens is 478 g/mol. The predicted octanol–water partition coefficient (Wildman–Crippen LogP) is 3.71. The van der Waals surface area contributed by atoms with Crippen molar-refractivity contribution in [3.63, 3.8) is 0 Å². The van der Waals surface area contributed by atoms with Crippen molar-refractivity contribution in [2.45, 2.75) is 10.9 Å². The molecule has 0 radical (unpaired) electrons. The molecule has 5 aromatic rings. The number of hydrogen-bond donors (Lipinski definition) is 2. The Morgan fingerprint density at radius 2 is 2.00 bits per heavy atom. The normalized spacial score (nSPS) is 11.2. The van der Waals surface area contributed by atoms with Gasteiger partial charge in [-0.05, 0) is 36.1 Å². The Balaban J connectivity index is 1.52. The number of carbonyl (C=O) groups excluding carboxylic acids is 1. The summed E-state index contributed by atoms with van der Waals surface area (Å²) < 4.78 is 7.70. The molecule has 2 N–H and O–H groups in total. The lowest BCUT2D eigenvalue weighted by atomic mass is 10.1. The first kappa shape index (κ1) is 21.8. The van der Waals surface area contributed by atoms with E-state index in [4.69, 9.17) is 4.52 Å². The summed E-state index contributed by atoms with van der Waals surface area (Å²) in [5, 5.41) is 25.1. The van der Waals surface area contributed by atoms with E-state index in [-0.39, 0.29) is 17.9 Å². The molecule has 0 aliphatic rings. The van der Waals surface area contributed by atoms with Gasteiger partial charge in [0.1, 0.15) is 11.1 Å². The van der Waals surface area contributed by atoms with Gasteiger partial charge >= 0.3 is 5.97 Å². The highest BCUT2D eigenvalue weighted by Crippen LogP contribution is 2.26. The Bertz CT molecular complexity index is 1640. The minimum atomic E-state index is -1.29. The molecule has 5 rings (SSSR count). The van der Waals surface area contributed by atoms with Crippen molar-refractivity contribution in [1.82, 2.24) is 19.9 Å². The van der Waals surface area contributed by atoms with Crippen LogP contribution in [0.5, 0.6) is 0 Å². The topological polar surface area (TPSA) is 140 Å². The summed E-state index contributed by atoms with van der Waals surface area (Å²) in [7, 11) is 0. The van der Waals surface area contributed by atoms with E-state index in [0.717, 1.165) is 5.56 Å². The zero-order valence-corrected chi connectivity index (χ0v) is 19.1. The summed E-state index contributed by atoms with van der Waals surface area (Å²) in [4.78, 5) is 36.9. The van der Waals surface area contributed by atoms with Gasteiger partial charge in [-0.2, -0.15) is 0 Å². The molecule has 10 nitrogen and oxygen atoms in total. The van der Waals surface area contributed by atoms with Gasteiger partial charge in [0.2, 0.25) is 16.3 Å². The van der Waals surface area contributed by atoms with Gasteiger partial charge in [-0.3, -0.25) is 14.9 Å². The molecule has 34 heavy (non-hydrogen) atoms. The summed E-state index contributed by atoms with van der Waals surface area (Å²) in [6.45, 7) is 0.261. The number of fused-ring (bicyclic) bond motifs is 2. The number of nitrogens with one attached hydrogen (secondary N) is 1. The van der Waals surface area contributed by atoms with E-state index < -0.39 is 17.3 Å². The highest BCUT2D eigenvalue weighted by molar-refractivity contribution is 8.00. The van der Waals surface area contributed by atoms with Crippen molar-refractivity contribution in [3.05, 3.63) is 75.8 Å². The average molecular weight is 494 g/mol. The Labute approximate surface area is 199 Å². The molecule has 3 aromatic heterocycles. The molecule has 0 unspecified atom stereocenters. The highest BCUT2D eigenvalue weighted by atomic mass is 32.2. The number of hydrogen-bond acceptors (Lipinski definition) is 9. The summed E-state index contributed by atoms with van der Waals surface area (Å²) in [6, 6.07) is 12.1. The van der Waals surface area contributed by atoms with Crippen molar-refractivity contribution in [3.8, 4) is 0 Å². The first-order valence-corrected chi connectivity index (χ1v) is 11.9. The lowest BCUT2D eigenvalue weighted by molar-refractivity contribution is 0.0694. The number of nitrogens with zero attached hydrogens (tertiary/aromatic N) is 4. The van der Waals surface area contributed by atoms with Gasteiger partial charge in [0, 0.05) is 18.1 Å². The smallest absolute Gasteiger partial charge is 0.341 e. The zero-order valence-electron chi connectivity index (χ0n) is 17.5. The van der Waals surface area contributed by atoms with E-state index in [0.29, 0.717) is 31.3 Å². The number of para-hydroxylation sites is 1. The quantitative estimate of drug-likeness (QED) is 0.267. The van der Waals surface area contributed by atoms with Crippen molar-refractivity contribution in [2.75, 3.05) is 11.6 Å². The SMILES string of the molecule is CSc1nnc(NC(=O)c2onc3ccc(Cn4cc(C(=O)O)c(=O)c5ccccc54)cc23)s1. The van der Waals surface area contributed by atoms with E-state index in [2.05, 4.69) is 20.7 Å². The van der Waals surface area contributed by atoms with Crippen LogP contribution in [0.2, 0.25) is 0 Å². The molecule has 0 aliphatic carbocycles. The van der Waals surface area contributed by atoms with Crippen LogP contribution in [-0.4, -0.2) is 43.2 Å². The lowest BCUT2D eigenvalue weighted by Gasteiger charge is -2.12. The van der Waals surface area contributed by atoms with Crippen molar-refractivity contribution in [1.29, 1.82) is 0 Å². The van der Waals surface area contributed by atoms with Crippen LogP contribution in [0, 0.1) is 0 Å². The molecule has 3 heterocycles. The molecule has 0 aliphatic heterocycles. The van der Waals surface area contributed by atoms with Crippen LogP contribution in [-0.2, 0) is 6.54 Å². The fourth-order valence-electron chi connectivity index (χ4n) is 3.57. The van der Waals surface area contributed by atoms with Crippen LogP contribution in [0.1, 0.15) is 26.5 Å². The van der Waals surface area contributed by atoms with Crippen molar-refractivity contribution >= 4 is 61.9 Å². The molecule has 12 heteroatoms. The summed E-state index contributed by atoms with van der Waals surface area (Å²) >= 11 is 2.67. The molecular formula is C22H15N5O5S2. The van der Waals surface area contributed by atoms with Crippen LogP contribution in [0.15, 0.2) is 62.3 Å². The van der Waals surface area contributed by atoms with Crippen molar-refractivity contribution < 1.29 is 19.2 Å². The maximum atomic E-state index is 12.8. The number of benzene rings is 2. The summed E-state index contributed by atoms with van der Waals surface area (Å²) in [5.41, 5.74) is 1.00. The monoisotopic (exact) mass is 493 g/mol. The van der Waals surface area contributed by atoms with Gasteiger partial charge in [0.05, 0.1) is 10.9 Å². The zero-order chi connectivity index (χ0) is 23.8. The lowest BCUT2D eigenvalue weighted by Crippen LogP contribution is -2.19. The maximum absolute atomic E-state index is 12.8. The number of thioether (sulfide) groups is 1. The molecule has 170 valence electrons. The maximum Gasteiger partial charge on any atom is 0.341 e. The molecule has 0 fully saturated rings. The van der Waals surface area contributed by atoms with Crippen molar-refractivity contribution in [2.24, 2.45) is 0 Å². The largest absolute Gasteiger partial charge is 0.477 e. The van der Waals surface area contributed by atoms with Gasteiger partial charge in [0.15, 0.2) is 4.34 Å². The molecule has 1 amide bonds. The van der Waals surface area contributed by atoms with Gasteiger partial charge in [-0.15, -0.1) is 10.2 Å². The average Bonchev–Trinajstić information content (AvgIpc) is 3.47. The van der Waals surface area contributed by atoms with Crippen LogP contribution < -0.4 is 10.7 Å². The number of pyridine rings is 1. The van der Waals surface area contributed by atoms with Crippen LogP contribution >= 0.6 is 23.1 Å². The molecule has 0 atom stereocenters. The van der Waals surface area contributed by atoms with E-state index in [1.54, 1.807) is 47.0 Å². The number of carboxylic acid groups (broad SMARTS) is 1. The minimum Gasteiger partial charge on any atom is -0.477 e. The second kappa shape index (κ2) is 8.72. The Kier molecular flexibility index (Phi) is 5.59. The summed E-state index contributed by atoms with van der Waals surface area (Å²) in [5.74, 6) is -1.78. The number of amides is 1. The third kappa shape index (κ3) is 3.93. The molecule has 0 spiro atoms. The standard InChI is InChI=1S/C22H15N5O5S2/c1-33-22-25-24-21(34-22)23-19(29)18-13-8-11(6-7-15(13)26-32-18)9-27-10-14(20(30)31)17(28)12-4-2-3-5-16(12)27/h2-8,10H,9H2,1H3,(H,30,31)(H,23,24,29). The molecule has 0 saturated carbocycles. The molecule has 2 aromatic carbocycles. The second-order valence-electron chi connectivity index (χ2n) is 7.22. The van der Waals surface area contributed by atoms with Crippen LogP contribution in [0.4, 0.5) is 5.13 Å². The van der Waals surface area contributed by atoms with Crippen LogP contribution in [0.25, 0.3) is 21.8 Å². The first-order chi connectivity index (χ1) is 16.4. The molecule has 0 bridgehead atoms. The third-order valence-electron chi connectivity index (χ3n) is 5.12. The fourth-order valence-corrected chi connectivity index (χ4v) is 4.74. The van der Waals surface area contributed by atoms with E-state index >= 15 is 0 Å². The number of aromatic nitrogens is 4. The number of carboxylic acids is 1. The van der Waals surface area contributed by atoms with Gasteiger partial charge in [-0.1, -0.05) is 46.5 Å². The van der Waals surface area contributed by atoms with Gasteiger partial charge in [-0.25, -0.2) is 4.79 Å². The van der Waals surface area contributed by atoms with Gasteiger partial charge < -0.3 is 14.2 Å². The Morgan fingerprint density at radius 3 is 2.76 bits per heavy atom. The fraction of sp³-hybridized carbons (Fsp3) is 0.0909. The number of aromatic carboxylic acids is 1. The highest BCUT2D eigenvalue weighted by Gasteiger charge is 2.20. The van der Waals surface area contributed by atoms with E-state index in [1.807, 2.05) is 6.26 Å². The first-order valence-electron chi connectivity index (χ1n) is 9.87. The number of rotatable bonds is 6. The third-order valence-corrected chi connectivity index (χ3v) is 6.93. The minimum absolute atomic E-state index is 0.0220. The number of anilines is 1. The van der Waals surface area contributed by atoms with E-state index in [1.165, 1.54) is 29.3 Å². The summed E-state index contributed by atoms with van der Waals surface area (Å²) in [6.07, 6.45) is 3.19. The second-order valence-corrected chi connectivity index (χ2v) is 9.25. The Hall–Kier alpha value is -4.03. The van der Waals surface area contributed by atoms with Gasteiger partial charge in [0.25, 0.3) is 5.91 Å². The molecule has 0 saturated heterocycles. The predicted molar refractivity (Wildman–Crippen MR) is 128 cm³/mol.